The maximum absolute atomic E-state index is 13.3. The molecule has 0 aliphatic carbocycles. The van der Waals surface area contributed by atoms with E-state index in [2.05, 4.69) is 20.9 Å². The third-order valence-corrected chi connectivity index (χ3v) is 4.85. The predicted octanol–water partition coefficient (Wildman–Crippen LogP) is 2.72. The summed E-state index contributed by atoms with van der Waals surface area (Å²) < 4.78 is 24.4. The molecule has 6 nitrogen and oxygen atoms in total. The summed E-state index contributed by atoms with van der Waals surface area (Å²) in [5.41, 5.74) is 1.94. The van der Waals surface area contributed by atoms with Gasteiger partial charge in [-0.25, -0.2) is 9.37 Å². The molecule has 0 radical (unpaired) electrons. The molecule has 0 unspecified atom stereocenters. The first-order valence-electron chi connectivity index (χ1n) is 8.95. The minimum Gasteiger partial charge on any atom is -0.493 e. The summed E-state index contributed by atoms with van der Waals surface area (Å²) >= 11 is 0. The minimum atomic E-state index is -0.643. The highest BCUT2D eigenvalue weighted by Crippen LogP contribution is 2.30. The number of benzene rings is 1. The lowest BCUT2D eigenvalue weighted by Crippen LogP contribution is -2.48. The number of aliphatic hydroxyl groups is 1. The van der Waals surface area contributed by atoms with Crippen LogP contribution in [0.15, 0.2) is 42.6 Å². The lowest BCUT2D eigenvalue weighted by atomic mass is 10.0. The molecule has 4 rings (SSSR count). The Hall–Kier alpha value is -2.64. The summed E-state index contributed by atoms with van der Waals surface area (Å²) in [6.07, 6.45) is 1.43. The maximum Gasteiger partial charge on any atom is 0.163 e. The summed E-state index contributed by atoms with van der Waals surface area (Å²) in [5, 5.41) is 11.6. The van der Waals surface area contributed by atoms with Crippen LogP contribution in [-0.2, 0) is 6.54 Å². The molecule has 1 aliphatic heterocycles. The summed E-state index contributed by atoms with van der Waals surface area (Å²) in [5.74, 6) is 0.385. The molecule has 1 saturated heterocycles. The molecule has 7 heteroatoms. The fourth-order valence-electron chi connectivity index (χ4n) is 3.50. The van der Waals surface area contributed by atoms with E-state index in [1.165, 1.54) is 25.3 Å². The molecule has 0 amide bonds. The fraction of sp³-hybridized carbons (Fsp3) is 0.350. The Labute approximate surface area is 156 Å². The summed E-state index contributed by atoms with van der Waals surface area (Å²) in [4.78, 5) is 9.80. The van der Waals surface area contributed by atoms with Gasteiger partial charge in [0.2, 0.25) is 0 Å². The topological polar surface area (TPSA) is 70.6 Å². The third-order valence-electron chi connectivity index (χ3n) is 4.85. The Morgan fingerprint density at radius 1 is 1.30 bits per heavy atom. The fourth-order valence-corrected chi connectivity index (χ4v) is 3.50. The van der Waals surface area contributed by atoms with Crippen molar-refractivity contribution >= 4 is 11.0 Å². The van der Waals surface area contributed by atoms with Crippen LogP contribution in [-0.4, -0.2) is 52.4 Å². The van der Waals surface area contributed by atoms with Crippen molar-refractivity contribution in [1.82, 2.24) is 14.9 Å². The van der Waals surface area contributed by atoms with Gasteiger partial charge in [0.15, 0.2) is 11.5 Å². The van der Waals surface area contributed by atoms with E-state index >= 15 is 0 Å². The number of fused-ring (bicyclic) bond motifs is 1. The van der Waals surface area contributed by atoms with E-state index in [9.17, 15) is 9.50 Å². The van der Waals surface area contributed by atoms with Crippen molar-refractivity contribution < 1.29 is 19.0 Å². The molecule has 2 aromatic heterocycles. The van der Waals surface area contributed by atoms with Gasteiger partial charge >= 0.3 is 0 Å². The van der Waals surface area contributed by atoms with Gasteiger partial charge < -0.3 is 19.6 Å². The molecule has 0 bridgehead atoms. The summed E-state index contributed by atoms with van der Waals surface area (Å²) in [6.45, 7) is 1.99. The molecule has 27 heavy (non-hydrogen) atoms. The zero-order chi connectivity index (χ0) is 18.8. The Bertz CT molecular complexity index is 897. The number of nitrogens with one attached hydrogen (secondary N) is 1. The molecular weight excluding hydrogens is 349 g/mol. The number of aromatic nitrogens is 2. The van der Waals surface area contributed by atoms with Crippen molar-refractivity contribution in [3.63, 3.8) is 0 Å². The normalized spacial score (nSPS) is 20.7. The first-order chi connectivity index (χ1) is 13.1. The number of hydrogen-bond acceptors (Lipinski definition) is 5. The van der Waals surface area contributed by atoms with E-state index in [0.717, 1.165) is 23.3 Å². The number of hydrogen-bond donors (Lipinski definition) is 2. The van der Waals surface area contributed by atoms with E-state index in [1.807, 2.05) is 12.1 Å². The van der Waals surface area contributed by atoms with Crippen molar-refractivity contribution in [2.75, 3.05) is 20.2 Å². The largest absolute Gasteiger partial charge is 0.493 e. The van der Waals surface area contributed by atoms with E-state index in [-0.39, 0.29) is 11.9 Å². The molecule has 1 aromatic carbocycles. The molecular formula is C20H22FN3O3. The quantitative estimate of drug-likeness (QED) is 0.722. The van der Waals surface area contributed by atoms with E-state index in [0.29, 0.717) is 31.0 Å². The van der Waals surface area contributed by atoms with Crippen LogP contribution in [0.2, 0.25) is 0 Å². The van der Waals surface area contributed by atoms with Crippen molar-refractivity contribution in [2.45, 2.75) is 25.2 Å². The van der Waals surface area contributed by atoms with Gasteiger partial charge in [-0.15, -0.1) is 0 Å². The van der Waals surface area contributed by atoms with Crippen LogP contribution in [0, 0.1) is 5.82 Å². The second-order valence-electron chi connectivity index (χ2n) is 6.78. The molecule has 3 heterocycles. The van der Waals surface area contributed by atoms with Gasteiger partial charge in [-0.2, -0.15) is 0 Å². The number of methoxy groups -OCH3 is 1. The highest BCUT2D eigenvalue weighted by molar-refractivity contribution is 5.76. The number of H-pyrrole nitrogens is 1. The second-order valence-corrected chi connectivity index (χ2v) is 6.78. The number of β-amino-alcohol motifs (C(OH)–C–C–N with tert-alkyl or cyclic N) is 1. The monoisotopic (exact) mass is 371 g/mol. The number of nitrogens with zero attached hydrogens (tertiary/aromatic N) is 2. The molecule has 2 N–H and O–H groups in total. The van der Waals surface area contributed by atoms with Gasteiger partial charge in [0, 0.05) is 43.0 Å². The molecule has 142 valence electrons. The standard InChI is InChI=1S/C20H22FN3O3/c1-26-19-10-14(21)4-5-18(19)27-17-6-8-24(12-16(17)25)11-15-9-13-3-2-7-22-20(13)23-15/h2-5,7,9-10,16-17,25H,6,8,11-12H2,1H3,(H,22,23)/t16-,17-/m1/s1. The number of rotatable bonds is 5. The smallest absolute Gasteiger partial charge is 0.163 e. The van der Waals surface area contributed by atoms with Crippen LogP contribution in [0.25, 0.3) is 11.0 Å². The molecule has 1 fully saturated rings. The van der Waals surface area contributed by atoms with Crippen LogP contribution in [0.5, 0.6) is 11.5 Å². The Kier molecular flexibility index (Phi) is 4.96. The minimum absolute atomic E-state index is 0.329. The maximum atomic E-state index is 13.3. The molecule has 0 spiro atoms. The Balaban J connectivity index is 1.39. The first kappa shape index (κ1) is 17.8. The summed E-state index contributed by atoms with van der Waals surface area (Å²) in [7, 11) is 1.47. The highest BCUT2D eigenvalue weighted by atomic mass is 19.1. The van der Waals surface area contributed by atoms with Gasteiger partial charge in [-0.05, 0) is 36.8 Å². The van der Waals surface area contributed by atoms with Gasteiger partial charge in [0.1, 0.15) is 23.7 Å². The first-order valence-corrected chi connectivity index (χ1v) is 8.95. The average molecular weight is 371 g/mol. The van der Waals surface area contributed by atoms with Gasteiger partial charge in [-0.1, -0.05) is 0 Å². The number of piperidine rings is 1. The lowest BCUT2D eigenvalue weighted by molar-refractivity contribution is -0.0285. The number of likely N-dealkylation sites (tertiary alicyclic amines) is 1. The number of aliphatic hydroxyl groups excluding tert-OH is 1. The zero-order valence-electron chi connectivity index (χ0n) is 15.1. The number of halogens is 1. The van der Waals surface area contributed by atoms with E-state index in [1.54, 1.807) is 6.20 Å². The SMILES string of the molecule is COc1cc(F)ccc1O[C@@H]1CCN(Cc2cc3cccnc3[nH]2)C[C@H]1O. The Morgan fingerprint density at radius 3 is 2.96 bits per heavy atom. The van der Waals surface area contributed by atoms with Crippen LogP contribution in [0.4, 0.5) is 4.39 Å². The number of aromatic amines is 1. The van der Waals surface area contributed by atoms with Crippen molar-refractivity contribution in [3.05, 3.63) is 54.1 Å². The molecule has 2 atom stereocenters. The van der Waals surface area contributed by atoms with Gasteiger partial charge in [-0.3, -0.25) is 4.90 Å². The average Bonchev–Trinajstić information content (AvgIpc) is 3.07. The van der Waals surface area contributed by atoms with Crippen LogP contribution in [0.3, 0.4) is 0 Å². The zero-order valence-corrected chi connectivity index (χ0v) is 15.1. The molecule has 0 saturated carbocycles. The van der Waals surface area contributed by atoms with Crippen LogP contribution in [0.1, 0.15) is 12.1 Å². The highest BCUT2D eigenvalue weighted by Gasteiger charge is 2.30. The lowest BCUT2D eigenvalue weighted by Gasteiger charge is -2.35. The van der Waals surface area contributed by atoms with Gasteiger partial charge in [0.05, 0.1) is 7.11 Å². The molecule has 3 aromatic rings. The number of pyridine rings is 1. The van der Waals surface area contributed by atoms with Crippen molar-refractivity contribution in [3.8, 4) is 11.5 Å². The van der Waals surface area contributed by atoms with Crippen molar-refractivity contribution in [1.29, 1.82) is 0 Å². The number of ether oxygens (including phenoxy) is 2. The van der Waals surface area contributed by atoms with Gasteiger partial charge in [0.25, 0.3) is 0 Å². The Morgan fingerprint density at radius 2 is 2.19 bits per heavy atom. The molecule has 1 aliphatic rings. The third kappa shape index (κ3) is 3.89. The predicted molar refractivity (Wildman–Crippen MR) is 99.4 cm³/mol. The van der Waals surface area contributed by atoms with Crippen LogP contribution >= 0.6 is 0 Å². The van der Waals surface area contributed by atoms with Crippen molar-refractivity contribution in [2.24, 2.45) is 0 Å². The van der Waals surface area contributed by atoms with E-state index in [4.69, 9.17) is 9.47 Å². The second kappa shape index (κ2) is 7.54. The van der Waals surface area contributed by atoms with Crippen LogP contribution < -0.4 is 9.47 Å². The van der Waals surface area contributed by atoms with E-state index < -0.39 is 6.10 Å². The summed E-state index contributed by atoms with van der Waals surface area (Å²) in [6, 6.07) is 10.2.